The summed E-state index contributed by atoms with van der Waals surface area (Å²) in [5.74, 6) is 0. The molecule has 0 heterocycles. The fourth-order valence-electron chi connectivity index (χ4n) is 5.14. The molecule has 29 heavy (non-hydrogen) atoms. The fraction of sp³-hybridized carbons (Fsp3) is 1.00. The van der Waals surface area contributed by atoms with Crippen LogP contribution in [0.1, 0.15) is 123 Å². The van der Waals surface area contributed by atoms with Gasteiger partial charge < -0.3 is 9.31 Å². The normalized spacial score (nSPS) is 14.7. The zero-order valence-corrected chi connectivity index (χ0v) is 24.4. The lowest BCUT2D eigenvalue weighted by atomic mass is 10.2. The first-order valence-electron chi connectivity index (χ1n) is 11.9. The maximum absolute atomic E-state index is 5.50. The highest BCUT2D eigenvalue weighted by Gasteiger charge is 2.44. The standard InChI is InChI=1S/C24H54BN2P2/c1-15-17-19-28(21(3,4)5,22(6,7)8)26-25-27-29(20-18-16-2,23(9,10)11)24(12,13)14/h15-20H2,1-14H3. The summed E-state index contributed by atoms with van der Waals surface area (Å²) in [5, 5.41) is 0.779. The van der Waals surface area contributed by atoms with Gasteiger partial charge in [0.1, 0.15) is 0 Å². The molecule has 0 bridgehead atoms. The van der Waals surface area contributed by atoms with Crippen molar-refractivity contribution in [3.8, 4) is 0 Å². The van der Waals surface area contributed by atoms with Gasteiger partial charge in [0.15, 0.2) is 0 Å². The van der Waals surface area contributed by atoms with Gasteiger partial charge in [-0.2, -0.15) is 0 Å². The van der Waals surface area contributed by atoms with Gasteiger partial charge in [0.25, 0.3) is 0 Å². The molecular weight excluding hydrogens is 389 g/mol. The average molecular weight is 443 g/mol. The molecule has 2 nitrogen and oxygen atoms in total. The lowest BCUT2D eigenvalue weighted by Crippen LogP contribution is -2.32. The SMILES string of the molecule is CCCCP(=N[B]N=P(CCCC)(C(C)(C)C)C(C)(C)C)(C(C)(C)C)C(C)(C)C. The quantitative estimate of drug-likeness (QED) is 0.263. The molecule has 5 heteroatoms. The third-order valence-electron chi connectivity index (χ3n) is 6.61. The van der Waals surface area contributed by atoms with E-state index in [4.69, 9.17) is 9.31 Å². The van der Waals surface area contributed by atoms with Crippen LogP contribution in [-0.4, -0.2) is 40.5 Å². The van der Waals surface area contributed by atoms with Gasteiger partial charge in [0.2, 0.25) is 0 Å². The summed E-state index contributed by atoms with van der Waals surface area (Å²) in [6.07, 6.45) is 7.44. The van der Waals surface area contributed by atoms with Crippen LogP contribution in [0.15, 0.2) is 9.31 Å². The molecule has 0 unspecified atom stereocenters. The van der Waals surface area contributed by atoms with Crippen LogP contribution >= 0.6 is 14.1 Å². The summed E-state index contributed by atoms with van der Waals surface area (Å²) in [6.45, 7) is 33.5. The van der Waals surface area contributed by atoms with Gasteiger partial charge in [-0.3, -0.25) is 0 Å². The predicted molar refractivity (Wildman–Crippen MR) is 143 cm³/mol. The maximum atomic E-state index is 5.50. The van der Waals surface area contributed by atoms with Crippen molar-refractivity contribution in [2.45, 2.75) is 143 Å². The Kier molecular flexibility index (Phi) is 10.6. The van der Waals surface area contributed by atoms with E-state index in [1.807, 2.05) is 0 Å². The van der Waals surface area contributed by atoms with Crippen molar-refractivity contribution in [2.75, 3.05) is 12.3 Å². The number of unbranched alkanes of at least 4 members (excludes halogenated alkanes) is 2. The number of nitrogens with zero attached hydrogens (tertiary/aromatic N) is 2. The zero-order valence-electron chi connectivity index (χ0n) is 22.6. The predicted octanol–water partition coefficient (Wildman–Crippen LogP) is 9.72. The Morgan fingerprint density at radius 2 is 0.759 bits per heavy atom. The van der Waals surface area contributed by atoms with E-state index in [0.29, 0.717) is 0 Å². The van der Waals surface area contributed by atoms with Crippen LogP contribution in [0.4, 0.5) is 0 Å². The first kappa shape index (κ1) is 29.5. The molecule has 0 atom stereocenters. The van der Waals surface area contributed by atoms with Crippen molar-refractivity contribution in [1.29, 1.82) is 0 Å². The van der Waals surface area contributed by atoms with Gasteiger partial charge in [-0.1, -0.05) is 110 Å². The van der Waals surface area contributed by atoms with Crippen molar-refractivity contribution in [1.82, 2.24) is 0 Å². The van der Waals surface area contributed by atoms with E-state index in [1.165, 1.54) is 38.0 Å². The van der Waals surface area contributed by atoms with Crippen LogP contribution in [0.5, 0.6) is 0 Å². The molecule has 0 aliphatic heterocycles. The fourth-order valence-corrected chi connectivity index (χ4v) is 15.5. The van der Waals surface area contributed by atoms with Crippen LogP contribution in [0, 0.1) is 0 Å². The molecule has 0 aromatic carbocycles. The number of hydrogen-bond donors (Lipinski definition) is 0. The molecule has 0 rings (SSSR count). The Balaban J connectivity index is 6.74. The Morgan fingerprint density at radius 1 is 0.517 bits per heavy atom. The minimum atomic E-state index is -1.60. The Hall–Kier alpha value is 0.525. The highest BCUT2D eigenvalue weighted by atomic mass is 31.2. The minimum absolute atomic E-state index is 0.195. The van der Waals surface area contributed by atoms with E-state index in [0.717, 1.165) is 0 Å². The molecule has 0 aliphatic carbocycles. The van der Waals surface area contributed by atoms with Crippen LogP contribution in [0.3, 0.4) is 0 Å². The summed E-state index contributed by atoms with van der Waals surface area (Å²) in [6, 6.07) is 0. The van der Waals surface area contributed by atoms with E-state index in [-0.39, 0.29) is 20.6 Å². The van der Waals surface area contributed by atoms with Crippen molar-refractivity contribution < 1.29 is 0 Å². The third-order valence-corrected chi connectivity index (χ3v) is 18.4. The second kappa shape index (κ2) is 10.4. The smallest absolute Gasteiger partial charge is 0.332 e. The molecule has 0 fully saturated rings. The van der Waals surface area contributed by atoms with Crippen LogP contribution in [0.2, 0.25) is 0 Å². The molecule has 0 spiro atoms. The van der Waals surface area contributed by atoms with Crippen molar-refractivity contribution in [3.05, 3.63) is 0 Å². The lowest BCUT2D eigenvalue weighted by molar-refractivity contribution is 0.683. The number of rotatable bonds is 8. The monoisotopic (exact) mass is 443 g/mol. The molecule has 0 aliphatic rings. The van der Waals surface area contributed by atoms with Gasteiger partial charge in [0.05, 0.1) is 0 Å². The third kappa shape index (κ3) is 6.75. The summed E-state index contributed by atoms with van der Waals surface area (Å²) >= 11 is 0. The molecule has 0 aromatic rings. The van der Waals surface area contributed by atoms with Crippen LogP contribution in [-0.2, 0) is 0 Å². The molecule has 173 valence electrons. The number of hydrogen-bond acceptors (Lipinski definition) is 2. The Bertz CT molecular complexity index is 519. The largest absolute Gasteiger partial charge is 0.428 e. The van der Waals surface area contributed by atoms with Crippen molar-refractivity contribution >= 4 is 21.7 Å². The zero-order chi connectivity index (χ0) is 23.4. The van der Waals surface area contributed by atoms with Gasteiger partial charge in [-0.25, -0.2) is 0 Å². The molecule has 0 N–H and O–H groups in total. The second-order valence-electron chi connectivity index (χ2n) is 12.7. The first-order valence-corrected chi connectivity index (χ1v) is 15.7. The van der Waals surface area contributed by atoms with Gasteiger partial charge in [-0.15, -0.1) is 0 Å². The molecule has 1 radical (unpaired) electrons. The summed E-state index contributed by atoms with van der Waals surface area (Å²) < 4.78 is 11.0. The minimum Gasteiger partial charge on any atom is -0.332 e. The maximum Gasteiger partial charge on any atom is 0.428 e. The summed E-state index contributed by atoms with van der Waals surface area (Å²) in [4.78, 5) is 0. The first-order chi connectivity index (χ1) is 12.8. The van der Waals surface area contributed by atoms with Crippen molar-refractivity contribution in [2.24, 2.45) is 9.31 Å². The molecule has 0 amide bonds. The van der Waals surface area contributed by atoms with E-state index >= 15 is 0 Å². The van der Waals surface area contributed by atoms with Crippen LogP contribution < -0.4 is 0 Å². The van der Waals surface area contributed by atoms with E-state index in [2.05, 4.69) is 104 Å². The Morgan fingerprint density at radius 3 is 0.931 bits per heavy atom. The van der Waals surface area contributed by atoms with Crippen LogP contribution in [0.25, 0.3) is 0 Å². The molecule has 0 saturated heterocycles. The lowest BCUT2D eigenvalue weighted by Gasteiger charge is -2.48. The topological polar surface area (TPSA) is 24.7 Å². The average Bonchev–Trinajstić information content (AvgIpc) is 2.48. The van der Waals surface area contributed by atoms with Gasteiger partial charge in [0, 0.05) is 0 Å². The summed E-state index contributed by atoms with van der Waals surface area (Å²) in [7, 11) is -1.12. The Labute approximate surface area is 186 Å². The van der Waals surface area contributed by atoms with E-state index in [9.17, 15) is 0 Å². The summed E-state index contributed by atoms with van der Waals surface area (Å²) in [5.41, 5.74) is 0. The highest BCUT2D eigenvalue weighted by molar-refractivity contribution is 7.71. The highest BCUT2D eigenvalue weighted by Crippen LogP contribution is 2.71. The van der Waals surface area contributed by atoms with E-state index in [1.54, 1.807) is 0 Å². The molecular formula is C24H54BN2P2. The van der Waals surface area contributed by atoms with E-state index < -0.39 is 14.1 Å². The van der Waals surface area contributed by atoms with Crippen molar-refractivity contribution in [3.63, 3.8) is 0 Å². The molecule has 0 aromatic heterocycles. The van der Waals surface area contributed by atoms with Gasteiger partial charge >= 0.3 is 7.55 Å². The van der Waals surface area contributed by atoms with Gasteiger partial charge in [-0.05, 0) is 59.9 Å². The molecule has 0 saturated carbocycles. The second-order valence-corrected chi connectivity index (χ2v) is 22.5.